The van der Waals surface area contributed by atoms with Crippen LogP contribution in [0.3, 0.4) is 0 Å². The molecule has 0 fully saturated rings. The van der Waals surface area contributed by atoms with Crippen molar-refractivity contribution in [2.45, 2.75) is 0 Å². The van der Waals surface area contributed by atoms with Crippen molar-refractivity contribution in [1.82, 2.24) is 0 Å². The minimum atomic E-state index is -0.385. The summed E-state index contributed by atoms with van der Waals surface area (Å²) >= 11 is 0. The van der Waals surface area contributed by atoms with E-state index in [4.69, 9.17) is 4.42 Å². The highest BCUT2D eigenvalue weighted by atomic mass is 16.6. The van der Waals surface area contributed by atoms with Crippen molar-refractivity contribution >= 4 is 16.7 Å². The van der Waals surface area contributed by atoms with Crippen LogP contribution in [0.25, 0.3) is 22.1 Å². The first-order valence-corrected chi connectivity index (χ1v) is 5.47. The fraction of sp³-hybridized carbons (Fsp3) is 0. The molecule has 3 rings (SSSR count). The third-order valence-electron chi connectivity index (χ3n) is 2.86. The molecule has 0 atom stereocenters. The van der Waals surface area contributed by atoms with Gasteiger partial charge >= 0.3 is 0 Å². The summed E-state index contributed by atoms with van der Waals surface area (Å²) in [6, 6.07) is 14.3. The lowest BCUT2D eigenvalue weighted by molar-refractivity contribution is -0.383. The number of furan rings is 1. The molecular formula is C14H9NO3. The zero-order valence-corrected chi connectivity index (χ0v) is 9.37. The van der Waals surface area contributed by atoms with Gasteiger partial charge in [-0.05, 0) is 11.6 Å². The molecule has 0 bridgehead atoms. The van der Waals surface area contributed by atoms with E-state index in [2.05, 4.69) is 0 Å². The van der Waals surface area contributed by atoms with Gasteiger partial charge in [-0.25, -0.2) is 0 Å². The van der Waals surface area contributed by atoms with Crippen LogP contribution in [0, 0.1) is 10.1 Å². The molecule has 0 N–H and O–H groups in total. The SMILES string of the molecule is O=[N+]([O-])c1cccc2occ(-c3ccccc3)c12. The lowest BCUT2D eigenvalue weighted by atomic mass is 10.0. The van der Waals surface area contributed by atoms with E-state index in [-0.39, 0.29) is 10.6 Å². The highest BCUT2D eigenvalue weighted by molar-refractivity contribution is 6.00. The molecule has 2 aromatic carbocycles. The summed E-state index contributed by atoms with van der Waals surface area (Å²) in [5.74, 6) is 0. The fourth-order valence-electron chi connectivity index (χ4n) is 2.05. The summed E-state index contributed by atoms with van der Waals surface area (Å²) in [5, 5.41) is 11.6. The molecule has 0 saturated carbocycles. The maximum Gasteiger partial charge on any atom is 0.281 e. The van der Waals surface area contributed by atoms with Gasteiger partial charge in [0.15, 0.2) is 0 Å². The summed E-state index contributed by atoms with van der Waals surface area (Å²) in [7, 11) is 0. The predicted octanol–water partition coefficient (Wildman–Crippen LogP) is 4.01. The Bertz CT molecular complexity index is 716. The summed E-state index contributed by atoms with van der Waals surface area (Å²) in [6.45, 7) is 0. The predicted molar refractivity (Wildman–Crippen MR) is 68.3 cm³/mol. The second-order valence-corrected chi connectivity index (χ2v) is 3.92. The van der Waals surface area contributed by atoms with Crippen LogP contribution in [-0.4, -0.2) is 4.92 Å². The van der Waals surface area contributed by atoms with Gasteiger partial charge in [0.25, 0.3) is 5.69 Å². The van der Waals surface area contributed by atoms with E-state index in [1.165, 1.54) is 6.07 Å². The molecule has 0 spiro atoms. The third kappa shape index (κ3) is 1.55. The Morgan fingerprint density at radius 3 is 2.50 bits per heavy atom. The van der Waals surface area contributed by atoms with Gasteiger partial charge in [0.2, 0.25) is 0 Å². The van der Waals surface area contributed by atoms with E-state index >= 15 is 0 Å². The maximum absolute atomic E-state index is 11.1. The van der Waals surface area contributed by atoms with Crippen molar-refractivity contribution in [2.24, 2.45) is 0 Å². The number of hydrogen-bond acceptors (Lipinski definition) is 3. The molecule has 0 aliphatic heterocycles. The highest BCUT2D eigenvalue weighted by Gasteiger charge is 2.18. The Balaban J connectivity index is 2.35. The summed E-state index contributed by atoms with van der Waals surface area (Å²) in [5.41, 5.74) is 2.26. The van der Waals surface area contributed by atoms with Crippen LogP contribution in [0.1, 0.15) is 0 Å². The zero-order chi connectivity index (χ0) is 12.5. The van der Waals surface area contributed by atoms with Gasteiger partial charge < -0.3 is 4.42 Å². The van der Waals surface area contributed by atoms with E-state index in [0.29, 0.717) is 11.0 Å². The lowest BCUT2D eigenvalue weighted by Crippen LogP contribution is -1.88. The van der Waals surface area contributed by atoms with Gasteiger partial charge in [-0.3, -0.25) is 10.1 Å². The van der Waals surface area contributed by atoms with Crippen molar-refractivity contribution in [2.75, 3.05) is 0 Å². The van der Waals surface area contributed by atoms with Crippen molar-refractivity contribution in [1.29, 1.82) is 0 Å². The van der Waals surface area contributed by atoms with Gasteiger partial charge in [0, 0.05) is 11.6 Å². The first-order valence-electron chi connectivity index (χ1n) is 5.47. The quantitative estimate of drug-likeness (QED) is 0.501. The van der Waals surface area contributed by atoms with Crippen LogP contribution in [0.4, 0.5) is 5.69 Å². The van der Waals surface area contributed by atoms with Gasteiger partial charge in [-0.1, -0.05) is 36.4 Å². The van der Waals surface area contributed by atoms with Crippen molar-refractivity contribution in [3.63, 3.8) is 0 Å². The maximum atomic E-state index is 11.1. The molecule has 0 aliphatic rings. The van der Waals surface area contributed by atoms with Crippen molar-refractivity contribution < 1.29 is 9.34 Å². The van der Waals surface area contributed by atoms with Gasteiger partial charge in [0.05, 0.1) is 11.2 Å². The van der Waals surface area contributed by atoms with Gasteiger partial charge in [0.1, 0.15) is 11.0 Å². The highest BCUT2D eigenvalue weighted by Crippen LogP contribution is 2.36. The van der Waals surface area contributed by atoms with E-state index in [0.717, 1.165) is 11.1 Å². The molecular weight excluding hydrogens is 230 g/mol. The second kappa shape index (κ2) is 4.00. The van der Waals surface area contributed by atoms with Crippen molar-refractivity contribution in [3.05, 3.63) is 64.9 Å². The number of rotatable bonds is 2. The van der Waals surface area contributed by atoms with E-state index < -0.39 is 0 Å². The first kappa shape index (κ1) is 10.5. The second-order valence-electron chi connectivity index (χ2n) is 3.92. The molecule has 88 valence electrons. The normalized spacial score (nSPS) is 10.7. The van der Waals surface area contributed by atoms with Crippen LogP contribution in [-0.2, 0) is 0 Å². The van der Waals surface area contributed by atoms with Gasteiger partial charge in [-0.2, -0.15) is 0 Å². The zero-order valence-electron chi connectivity index (χ0n) is 9.37. The Kier molecular flexibility index (Phi) is 2.34. The molecule has 1 aromatic heterocycles. The molecule has 0 saturated heterocycles. The monoisotopic (exact) mass is 239 g/mol. The standard InChI is InChI=1S/C14H9NO3/c16-15(17)12-7-4-8-13-14(12)11(9-18-13)10-5-2-1-3-6-10/h1-9H. The Hall–Kier alpha value is -2.62. The van der Waals surface area contributed by atoms with E-state index in [9.17, 15) is 10.1 Å². The molecule has 0 unspecified atom stereocenters. The first-order chi connectivity index (χ1) is 8.77. The molecule has 1 heterocycles. The number of hydrogen-bond donors (Lipinski definition) is 0. The molecule has 0 aliphatic carbocycles. The summed E-state index contributed by atoms with van der Waals surface area (Å²) in [4.78, 5) is 10.7. The lowest BCUT2D eigenvalue weighted by Gasteiger charge is -1.98. The number of nitro groups is 1. The summed E-state index contributed by atoms with van der Waals surface area (Å²) < 4.78 is 5.39. The number of non-ortho nitro benzene ring substituents is 1. The Labute approximate surface area is 103 Å². The van der Waals surface area contributed by atoms with Crippen LogP contribution in [0.5, 0.6) is 0 Å². The van der Waals surface area contributed by atoms with E-state index in [1.54, 1.807) is 18.4 Å². The number of fused-ring (bicyclic) bond motifs is 1. The molecule has 4 heteroatoms. The van der Waals surface area contributed by atoms with Crippen LogP contribution < -0.4 is 0 Å². The molecule has 0 radical (unpaired) electrons. The number of nitro benzene ring substituents is 1. The average molecular weight is 239 g/mol. The van der Waals surface area contributed by atoms with Crippen molar-refractivity contribution in [3.8, 4) is 11.1 Å². The number of nitrogens with zero attached hydrogens (tertiary/aromatic N) is 1. The largest absolute Gasteiger partial charge is 0.463 e. The Morgan fingerprint density at radius 2 is 1.78 bits per heavy atom. The minimum absolute atomic E-state index is 0.0695. The molecule has 18 heavy (non-hydrogen) atoms. The van der Waals surface area contributed by atoms with Gasteiger partial charge in [-0.15, -0.1) is 0 Å². The Morgan fingerprint density at radius 1 is 1.00 bits per heavy atom. The summed E-state index contributed by atoms with van der Waals surface area (Å²) in [6.07, 6.45) is 1.56. The molecule has 4 nitrogen and oxygen atoms in total. The van der Waals surface area contributed by atoms with Crippen LogP contribution in [0.15, 0.2) is 59.2 Å². The minimum Gasteiger partial charge on any atom is -0.463 e. The topological polar surface area (TPSA) is 56.3 Å². The smallest absolute Gasteiger partial charge is 0.281 e. The number of benzene rings is 2. The fourth-order valence-corrected chi connectivity index (χ4v) is 2.05. The third-order valence-corrected chi connectivity index (χ3v) is 2.86. The average Bonchev–Trinajstić information content (AvgIpc) is 2.83. The molecule has 0 amide bonds. The van der Waals surface area contributed by atoms with Crippen LogP contribution in [0.2, 0.25) is 0 Å². The van der Waals surface area contributed by atoms with Crippen LogP contribution >= 0.6 is 0 Å². The molecule has 3 aromatic rings. The van der Waals surface area contributed by atoms with E-state index in [1.807, 2.05) is 30.3 Å².